The second-order valence-electron chi connectivity index (χ2n) is 3.52. The van der Waals surface area contributed by atoms with Gasteiger partial charge in [0.25, 0.3) is 0 Å². The number of carboxylic acids is 1. The van der Waals surface area contributed by atoms with Crippen LogP contribution in [0.2, 0.25) is 0 Å². The number of carbonyl (C=O) groups is 2. The SMILES string of the molecule is NC(CCC(=O)O)C(=O)NCCSCCCO. The molecular weight excluding hydrogens is 244 g/mol. The van der Waals surface area contributed by atoms with Crippen LogP contribution in [-0.2, 0) is 9.59 Å². The molecule has 1 unspecified atom stereocenters. The average Bonchev–Trinajstić information content (AvgIpc) is 2.30. The summed E-state index contributed by atoms with van der Waals surface area (Å²) < 4.78 is 0. The number of thioether (sulfide) groups is 1. The number of aliphatic hydroxyl groups excluding tert-OH is 1. The van der Waals surface area contributed by atoms with E-state index in [0.717, 1.165) is 17.9 Å². The number of nitrogens with one attached hydrogen (secondary N) is 1. The van der Waals surface area contributed by atoms with Crippen molar-refractivity contribution in [1.29, 1.82) is 0 Å². The van der Waals surface area contributed by atoms with Gasteiger partial charge in [-0.25, -0.2) is 0 Å². The minimum Gasteiger partial charge on any atom is -0.481 e. The molecule has 0 aliphatic carbocycles. The van der Waals surface area contributed by atoms with Crippen LogP contribution in [-0.4, -0.2) is 52.8 Å². The normalized spacial score (nSPS) is 12.1. The van der Waals surface area contributed by atoms with Gasteiger partial charge in [-0.1, -0.05) is 0 Å². The molecule has 17 heavy (non-hydrogen) atoms. The molecule has 0 spiro atoms. The predicted octanol–water partition coefficient (Wildman–Crippen LogP) is -0.590. The minimum absolute atomic E-state index is 0.0974. The van der Waals surface area contributed by atoms with E-state index in [1.165, 1.54) is 0 Å². The maximum Gasteiger partial charge on any atom is 0.303 e. The highest BCUT2D eigenvalue weighted by Gasteiger charge is 2.13. The molecule has 0 aliphatic heterocycles. The standard InChI is InChI=1S/C10H20N2O4S/c11-8(2-3-9(14)15)10(16)12-4-7-17-6-1-5-13/h8,13H,1-7,11H2,(H,12,16)(H,14,15). The highest BCUT2D eigenvalue weighted by Crippen LogP contribution is 2.00. The van der Waals surface area contributed by atoms with Crippen molar-refractivity contribution in [1.82, 2.24) is 5.32 Å². The van der Waals surface area contributed by atoms with Crippen molar-refractivity contribution in [3.05, 3.63) is 0 Å². The fraction of sp³-hybridized carbons (Fsp3) is 0.800. The monoisotopic (exact) mass is 264 g/mol. The molecule has 0 rings (SSSR count). The third-order valence-corrected chi connectivity index (χ3v) is 3.07. The molecule has 0 radical (unpaired) electrons. The van der Waals surface area contributed by atoms with Gasteiger partial charge < -0.3 is 21.3 Å². The summed E-state index contributed by atoms with van der Waals surface area (Å²) in [5.74, 6) is 0.358. The van der Waals surface area contributed by atoms with Crippen LogP contribution in [0.5, 0.6) is 0 Å². The summed E-state index contributed by atoms with van der Waals surface area (Å²) in [7, 11) is 0. The van der Waals surface area contributed by atoms with Crippen molar-refractivity contribution in [3.8, 4) is 0 Å². The lowest BCUT2D eigenvalue weighted by Gasteiger charge is -2.10. The molecule has 100 valence electrons. The quantitative estimate of drug-likeness (QED) is 0.392. The number of aliphatic carboxylic acids is 1. The molecule has 1 amide bonds. The molecule has 0 saturated heterocycles. The Hall–Kier alpha value is -0.790. The largest absolute Gasteiger partial charge is 0.481 e. The van der Waals surface area contributed by atoms with E-state index >= 15 is 0 Å². The topological polar surface area (TPSA) is 113 Å². The lowest BCUT2D eigenvalue weighted by Crippen LogP contribution is -2.41. The number of aliphatic hydroxyl groups is 1. The van der Waals surface area contributed by atoms with Gasteiger partial charge in [0.1, 0.15) is 0 Å². The highest BCUT2D eigenvalue weighted by atomic mass is 32.2. The number of hydrogen-bond acceptors (Lipinski definition) is 5. The first-order valence-electron chi connectivity index (χ1n) is 5.51. The number of hydrogen-bond donors (Lipinski definition) is 4. The van der Waals surface area contributed by atoms with Gasteiger partial charge in [-0.2, -0.15) is 11.8 Å². The molecule has 0 aromatic rings. The number of carboxylic acid groups (broad SMARTS) is 1. The summed E-state index contributed by atoms with van der Waals surface area (Å²) in [4.78, 5) is 21.6. The first-order chi connectivity index (χ1) is 8.07. The Morgan fingerprint density at radius 2 is 2.06 bits per heavy atom. The summed E-state index contributed by atoms with van der Waals surface area (Å²) in [5, 5.41) is 19.6. The van der Waals surface area contributed by atoms with Crippen LogP contribution in [0.25, 0.3) is 0 Å². The smallest absolute Gasteiger partial charge is 0.303 e. The van der Waals surface area contributed by atoms with Crippen LogP contribution in [0.3, 0.4) is 0 Å². The van der Waals surface area contributed by atoms with Crippen molar-refractivity contribution in [2.75, 3.05) is 24.7 Å². The molecule has 0 bridgehead atoms. The third-order valence-electron chi connectivity index (χ3n) is 2.00. The molecule has 0 aromatic carbocycles. The average molecular weight is 264 g/mol. The van der Waals surface area contributed by atoms with Gasteiger partial charge in [0.05, 0.1) is 6.04 Å². The Morgan fingerprint density at radius 1 is 1.35 bits per heavy atom. The molecule has 0 fully saturated rings. The van der Waals surface area contributed by atoms with Gasteiger partial charge in [0, 0.05) is 25.3 Å². The second kappa shape index (κ2) is 10.4. The number of amides is 1. The van der Waals surface area contributed by atoms with Crippen LogP contribution < -0.4 is 11.1 Å². The Labute approximate surface area is 105 Å². The number of nitrogens with two attached hydrogens (primary N) is 1. The van der Waals surface area contributed by atoms with Gasteiger partial charge >= 0.3 is 5.97 Å². The second-order valence-corrected chi connectivity index (χ2v) is 4.74. The van der Waals surface area contributed by atoms with Crippen LogP contribution >= 0.6 is 11.8 Å². The Bertz CT molecular complexity index is 238. The first-order valence-corrected chi connectivity index (χ1v) is 6.67. The van der Waals surface area contributed by atoms with E-state index in [-0.39, 0.29) is 25.4 Å². The van der Waals surface area contributed by atoms with E-state index < -0.39 is 12.0 Å². The van der Waals surface area contributed by atoms with Crippen molar-refractivity contribution in [2.45, 2.75) is 25.3 Å². The molecule has 7 heteroatoms. The van der Waals surface area contributed by atoms with Crippen LogP contribution in [0, 0.1) is 0 Å². The van der Waals surface area contributed by atoms with E-state index in [9.17, 15) is 9.59 Å². The van der Waals surface area contributed by atoms with Crippen molar-refractivity contribution < 1.29 is 19.8 Å². The van der Waals surface area contributed by atoms with E-state index in [4.69, 9.17) is 15.9 Å². The highest BCUT2D eigenvalue weighted by molar-refractivity contribution is 7.99. The molecule has 0 heterocycles. The van der Waals surface area contributed by atoms with Crippen molar-refractivity contribution in [2.24, 2.45) is 5.73 Å². The Balaban J connectivity index is 3.47. The molecule has 0 saturated carbocycles. The fourth-order valence-electron chi connectivity index (χ4n) is 1.06. The molecular formula is C10H20N2O4S. The zero-order valence-corrected chi connectivity index (χ0v) is 10.5. The van der Waals surface area contributed by atoms with E-state index in [1.807, 2.05) is 0 Å². The summed E-state index contributed by atoms with van der Waals surface area (Å²) in [6, 6.07) is -0.756. The third kappa shape index (κ3) is 10.1. The summed E-state index contributed by atoms with van der Waals surface area (Å²) in [5.41, 5.74) is 5.51. The predicted molar refractivity (Wildman–Crippen MR) is 66.9 cm³/mol. The van der Waals surface area contributed by atoms with Gasteiger partial charge in [-0.15, -0.1) is 0 Å². The number of carbonyl (C=O) groups excluding carboxylic acids is 1. The lowest BCUT2D eigenvalue weighted by atomic mass is 10.1. The minimum atomic E-state index is -0.951. The molecule has 5 N–H and O–H groups in total. The van der Waals surface area contributed by atoms with E-state index in [2.05, 4.69) is 5.32 Å². The summed E-state index contributed by atoms with van der Waals surface area (Å²) in [6.07, 6.45) is 0.801. The van der Waals surface area contributed by atoms with Gasteiger partial charge in [-0.05, 0) is 18.6 Å². The van der Waals surface area contributed by atoms with Gasteiger partial charge in [0.15, 0.2) is 0 Å². The molecule has 6 nitrogen and oxygen atoms in total. The van der Waals surface area contributed by atoms with Crippen LogP contribution in [0.4, 0.5) is 0 Å². The number of rotatable bonds is 10. The molecule has 0 aliphatic rings. The Morgan fingerprint density at radius 3 is 2.65 bits per heavy atom. The molecule has 0 aromatic heterocycles. The van der Waals surface area contributed by atoms with E-state index in [0.29, 0.717) is 6.54 Å². The van der Waals surface area contributed by atoms with Gasteiger partial charge in [0.2, 0.25) is 5.91 Å². The lowest BCUT2D eigenvalue weighted by molar-refractivity contribution is -0.137. The summed E-state index contributed by atoms with van der Waals surface area (Å²) >= 11 is 1.64. The Kier molecular flexibility index (Phi) is 9.89. The van der Waals surface area contributed by atoms with Crippen molar-refractivity contribution in [3.63, 3.8) is 0 Å². The first kappa shape index (κ1) is 16.2. The maximum atomic E-state index is 11.4. The fourth-order valence-corrected chi connectivity index (χ4v) is 1.84. The van der Waals surface area contributed by atoms with Crippen LogP contribution in [0.1, 0.15) is 19.3 Å². The van der Waals surface area contributed by atoms with Crippen molar-refractivity contribution >= 4 is 23.6 Å². The summed E-state index contributed by atoms with van der Waals surface area (Å²) in [6.45, 7) is 0.690. The zero-order valence-electron chi connectivity index (χ0n) is 9.72. The van der Waals surface area contributed by atoms with Gasteiger partial charge in [-0.3, -0.25) is 9.59 Å². The maximum absolute atomic E-state index is 11.4. The van der Waals surface area contributed by atoms with E-state index in [1.54, 1.807) is 11.8 Å². The molecule has 1 atom stereocenters. The zero-order chi connectivity index (χ0) is 13.1. The van der Waals surface area contributed by atoms with Crippen LogP contribution in [0.15, 0.2) is 0 Å².